The number of hydrogen-bond donors (Lipinski definition) is 4. The molecule has 290 valence electrons. The van der Waals surface area contributed by atoms with Gasteiger partial charge in [-0.15, -0.1) is 0 Å². The Hall–Kier alpha value is -1.52. The number of carbonyl (C=O) groups is 2. The van der Waals surface area contributed by atoms with E-state index in [2.05, 4.69) is 0 Å². The van der Waals surface area contributed by atoms with Gasteiger partial charge in [-0.3, -0.25) is 9.59 Å². The first kappa shape index (κ1) is 42.9. The number of esters is 1. The molecule has 0 aromatic heterocycles. The fraction of sp³-hybridized carbons (Fsp3) is 0.892. The molecular formula is C37H65NO12. The van der Waals surface area contributed by atoms with Crippen molar-refractivity contribution in [2.75, 3.05) is 21.2 Å². The molecule has 13 nitrogen and oxygen atoms in total. The van der Waals surface area contributed by atoms with Gasteiger partial charge in [0.05, 0.1) is 41.5 Å². The van der Waals surface area contributed by atoms with Gasteiger partial charge >= 0.3 is 5.97 Å². The molecule has 3 aliphatic rings. The van der Waals surface area contributed by atoms with Crippen LogP contribution in [0.3, 0.4) is 0 Å². The predicted molar refractivity (Wildman–Crippen MR) is 185 cm³/mol. The highest BCUT2D eigenvalue weighted by atomic mass is 16.7. The Labute approximate surface area is 298 Å². The van der Waals surface area contributed by atoms with Gasteiger partial charge in [0.25, 0.3) is 0 Å². The van der Waals surface area contributed by atoms with Gasteiger partial charge in [0.1, 0.15) is 23.9 Å². The highest BCUT2D eigenvalue weighted by Crippen LogP contribution is 2.40. The second kappa shape index (κ2) is 16.7. The topological polar surface area (TPSA) is 174 Å². The smallest absolute Gasteiger partial charge is 0.311 e. The van der Waals surface area contributed by atoms with Crippen LogP contribution in [-0.4, -0.2) is 136 Å². The predicted octanol–water partition coefficient (Wildman–Crippen LogP) is 2.73. The van der Waals surface area contributed by atoms with Crippen molar-refractivity contribution in [3.8, 4) is 0 Å². The minimum atomic E-state index is -1.73. The van der Waals surface area contributed by atoms with Gasteiger partial charge in [0.2, 0.25) is 0 Å². The SMILES string of the molecule is CC[C@H]1OC(=O)[C@H](C)[C@@H](O[C@H]2C[C@@](C)(OC)[C@@H](O)[C@H](C)O2)[C@H](C)[C@@H](O[C@@H]2O[C@H](C)C[C@H](N(C)C)[C@H]2O)[C@](C)(O)C[C@@H](C)C(=O)C(C)=C[C@]1(C)O. The minimum absolute atomic E-state index is 0.0582. The largest absolute Gasteiger partial charge is 0.459 e. The van der Waals surface area contributed by atoms with Crippen molar-refractivity contribution < 1.29 is 58.4 Å². The van der Waals surface area contributed by atoms with Crippen LogP contribution in [0.5, 0.6) is 0 Å². The number of ether oxygens (including phenoxy) is 6. The zero-order chi connectivity index (χ0) is 38.1. The second-order valence-corrected chi connectivity index (χ2v) is 16.0. The summed E-state index contributed by atoms with van der Waals surface area (Å²) in [7, 11) is 5.22. The number of hydrogen-bond acceptors (Lipinski definition) is 13. The van der Waals surface area contributed by atoms with Gasteiger partial charge in [-0.1, -0.05) is 20.8 Å². The molecule has 0 spiro atoms. The van der Waals surface area contributed by atoms with Crippen LogP contribution in [0.2, 0.25) is 0 Å². The van der Waals surface area contributed by atoms with Crippen molar-refractivity contribution in [1.82, 2.24) is 4.90 Å². The van der Waals surface area contributed by atoms with Crippen LogP contribution in [0.25, 0.3) is 0 Å². The van der Waals surface area contributed by atoms with Crippen LogP contribution in [0.15, 0.2) is 11.6 Å². The summed E-state index contributed by atoms with van der Waals surface area (Å²) < 4.78 is 37.2. The Morgan fingerprint density at radius 2 is 1.60 bits per heavy atom. The van der Waals surface area contributed by atoms with Crippen molar-refractivity contribution in [1.29, 1.82) is 0 Å². The van der Waals surface area contributed by atoms with Crippen LogP contribution in [0.4, 0.5) is 0 Å². The molecule has 0 amide bonds. The number of allylic oxidation sites excluding steroid dienone is 1. The van der Waals surface area contributed by atoms with E-state index >= 15 is 0 Å². The lowest BCUT2D eigenvalue weighted by molar-refractivity contribution is -0.317. The molecule has 2 fully saturated rings. The summed E-state index contributed by atoms with van der Waals surface area (Å²) >= 11 is 0. The third kappa shape index (κ3) is 9.52. The summed E-state index contributed by atoms with van der Waals surface area (Å²) in [5.74, 6) is -3.48. The molecule has 13 heteroatoms. The molecule has 0 aromatic rings. The van der Waals surface area contributed by atoms with Crippen molar-refractivity contribution in [2.45, 2.75) is 173 Å². The number of methoxy groups -OCH3 is 1. The molecule has 16 atom stereocenters. The zero-order valence-electron chi connectivity index (χ0n) is 32.4. The number of aliphatic hydroxyl groups excluding tert-OH is 2. The van der Waals surface area contributed by atoms with Gasteiger partial charge in [-0.05, 0) is 93.5 Å². The molecule has 50 heavy (non-hydrogen) atoms. The van der Waals surface area contributed by atoms with Gasteiger partial charge in [-0.25, -0.2) is 0 Å². The quantitative estimate of drug-likeness (QED) is 0.284. The van der Waals surface area contributed by atoms with E-state index < -0.39 is 89.7 Å². The number of cyclic esters (lactones) is 1. The minimum Gasteiger partial charge on any atom is -0.459 e. The fourth-order valence-electron chi connectivity index (χ4n) is 8.09. The van der Waals surface area contributed by atoms with Gasteiger partial charge in [0, 0.05) is 31.4 Å². The van der Waals surface area contributed by atoms with Crippen molar-refractivity contribution >= 4 is 11.8 Å². The molecule has 0 bridgehead atoms. The third-order valence-corrected chi connectivity index (χ3v) is 11.2. The first-order valence-corrected chi connectivity index (χ1v) is 18.1. The molecule has 3 rings (SSSR count). The lowest BCUT2D eigenvalue weighted by Crippen LogP contribution is -2.60. The lowest BCUT2D eigenvalue weighted by Gasteiger charge is -2.48. The monoisotopic (exact) mass is 715 g/mol. The molecule has 0 radical (unpaired) electrons. The number of rotatable bonds is 7. The summed E-state index contributed by atoms with van der Waals surface area (Å²) in [6.07, 6.45) is -5.98. The average Bonchev–Trinajstić information content (AvgIpc) is 3.02. The van der Waals surface area contributed by atoms with E-state index in [4.69, 9.17) is 28.4 Å². The first-order valence-electron chi connectivity index (χ1n) is 18.1. The maximum atomic E-state index is 14.0. The summed E-state index contributed by atoms with van der Waals surface area (Å²) in [5.41, 5.74) is -4.16. The number of Topliss-reactive ketones (excluding diaryl/α,β-unsaturated/α-hetero) is 1. The van der Waals surface area contributed by atoms with Crippen molar-refractivity contribution in [2.24, 2.45) is 17.8 Å². The zero-order valence-corrected chi connectivity index (χ0v) is 32.4. The standard InChI is InChI=1S/C37H65NO12/c1-14-26-35(8,43)16-19(2)28(39)20(3)17-36(9,44)32(50-34-29(40)25(38(11)12)15-21(4)46-34)22(5)30(23(6)33(42)48-26)49-27-18-37(10,45-13)31(41)24(7)47-27/h16,20-27,29-32,34,40-41,43-44H,14-15,17-18H2,1-13H3/t20-,21-,22+,23-,24+,25+,26-,27+,29-,30+,31+,32-,34+,35+,36-,37-/m1/s1. The summed E-state index contributed by atoms with van der Waals surface area (Å²) in [6, 6.07) is -0.300. The summed E-state index contributed by atoms with van der Waals surface area (Å²) in [4.78, 5) is 29.6. The number of aliphatic hydroxyl groups is 4. The summed E-state index contributed by atoms with van der Waals surface area (Å²) in [5, 5.41) is 46.1. The number of likely N-dealkylation sites (N-methyl/N-ethyl adjacent to an activating group) is 1. The van der Waals surface area contributed by atoms with Gasteiger partial charge in [0.15, 0.2) is 18.4 Å². The number of nitrogens with zero attached hydrogens (tertiary/aromatic N) is 1. The van der Waals surface area contributed by atoms with Crippen LogP contribution >= 0.6 is 0 Å². The van der Waals surface area contributed by atoms with E-state index in [-0.39, 0.29) is 42.8 Å². The maximum absolute atomic E-state index is 14.0. The normalized spacial score (nSPS) is 47.4. The van der Waals surface area contributed by atoms with E-state index in [1.807, 2.05) is 25.9 Å². The number of ketones is 1. The molecular weight excluding hydrogens is 650 g/mol. The Morgan fingerprint density at radius 3 is 2.16 bits per heavy atom. The molecule has 3 aliphatic heterocycles. The Bertz CT molecular complexity index is 1190. The Kier molecular flexibility index (Phi) is 14.3. The lowest BCUT2D eigenvalue weighted by atomic mass is 9.76. The van der Waals surface area contributed by atoms with Crippen LogP contribution in [-0.2, 0) is 38.0 Å². The van der Waals surface area contributed by atoms with Crippen molar-refractivity contribution in [3.63, 3.8) is 0 Å². The molecule has 0 aliphatic carbocycles. The molecule has 0 aromatic carbocycles. The van der Waals surface area contributed by atoms with Crippen LogP contribution in [0, 0.1) is 17.8 Å². The van der Waals surface area contributed by atoms with Crippen LogP contribution < -0.4 is 0 Å². The van der Waals surface area contributed by atoms with E-state index in [1.54, 1.807) is 55.4 Å². The molecule has 0 unspecified atom stereocenters. The number of carbonyl (C=O) groups excluding carboxylic acids is 2. The van der Waals surface area contributed by atoms with E-state index in [0.29, 0.717) is 6.42 Å². The average molecular weight is 716 g/mol. The highest BCUT2D eigenvalue weighted by Gasteiger charge is 2.52. The van der Waals surface area contributed by atoms with Crippen LogP contribution in [0.1, 0.15) is 94.9 Å². The molecule has 2 saturated heterocycles. The highest BCUT2D eigenvalue weighted by molar-refractivity contribution is 5.96. The second-order valence-electron chi connectivity index (χ2n) is 16.0. The van der Waals surface area contributed by atoms with Gasteiger partial charge < -0.3 is 53.7 Å². The molecule has 4 N–H and O–H groups in total. The van der Waals surface area contributed by atoms with E-state index in [1.165, 1.54) is 20.1 Å². The summed E-state index contributed by atoms with van der Waals surface area (Å²) in [6.45, 7) is 16.9. The third-order valence-electron chi connectivity index (χ3n) is 11.2. The first-order chi connectivity index (χ1) is 23.0. The Morgan fingerprint density at radius 1 is 0.980 bits per heavy atom. The van der Waals surface area contributed by atoms with Gasteiger partial charge in [-0.2, -0.15) is 0 Å². The Balaban J connectivity index is 2.18. The van der Waals surface area contributed by atoms with E-state index in [9.17, 15) is 30.0 Å². The van der Waals surface area contributed by atoms with Crippen molar-refractivity contribution in [3.05, 3.63) is 11.6 Å². The molecule has 0 saturated carbocycles. The maximum Gasteiger partial charge on any atom is 0.311 e. The van der Waals surface area contributed by atoms with E-state index in [0.717, 1.165) is 0 Å². The fourth-order valence-corrected chi connectivity index (χ4v) is 8.09. The molecule has 3 heterocycles.